The Hall–Kier alpha value is -0.900. The summed E-state index contributed by atoms with van der Waals surface area (Å²) in [4.78, 5) is 21.9. The van der Waals surface area contributed by atoms with Gasteiger partial charge in [0.2, 0.25) is 0 Å². The molecule has 1 fully saturated rings. The lowest BCUT2D eigenvalue weighted by Gasteiger charge is -2.07. The van der Waals surface area contributed by atoms with E-state index < -0.39 is 0 Å². The Kier molecular flexibility index (Phi) is 5.32. The molecule has 1 aliphatic heterocycles. The van der Waals surface area contributed by atoms with Crippen molar-refractivity contribution in [2.45, 2.75) is 45.1 Å². The monoisotopic (exact) mass is 214 g/mol. The molecule has 4 nitrogen and oxygen atoms in total. The van der Waals surface area contributed by atoms with Crippen LogP contribution in [-0.4, -0.2) is 31.1 Å². The molecule has 0 aromatic heterocycles. The Morgan fingerprint density at radius 1 is 1.47 bits per heavy atom. The quantitative estimate of drug-likeness (QED) is 0.496. The Balaban J connectivity index is 2.00. The lowest BCUT2D eigenvalue weighted by Crippen LogP contribution is -2.13. The molecule has 86 valence electrons. The zero-order valence-electron chi connectivity index (χ0n) is 9.16. The summed E-state index contributed by atoms with van der Waals surface area (Å²) in [5.74, 6) is -0.0874. The van der Waals surface area contributed by atoms with Crippen LogP contribution in [0.25, 0.3) is 0 Å². The SMILES string of the molecule is CC(=O)OCCCC(=O)CC1CCCO1. The maximum absolute atomic E-state index is 11.4. The molecule has 1 heterocycles. The van der Waals surface area contributed by atoms with Crippen LogP contribution in [0.4, 0.5) is 0 Å². The molecular formula is C11H18O4. The highest BCUT2D eigenvalue weighted by Crippen LogP contribution is 2.16. The highest BCUT2D eigenvalue weighted by atomic mass is 16.5. The van der Waals surface area contributed by atoms with Gasteiger partial charge in [0, 0.05) is 26.4 Å². The van der Waals surface area contributed by atoms with Crippen LogP contribution in [-0.2, 0) is 19.1 Å². The molecule has 1 aliphatic rings. The zero-order valence-corrected chi connectivity index (χ0v) is 9.16. The Morgan fingerprint density at radius 3 is 2.87 bits per heavy atom. The predicted octanol–water partition coefficient (Wildman–Crippen LogP) is 1.47. The lowest BCUT2D eigenvalue weighted by atomic mass is 10.1. The molecule has 1 unspecified atom stereocenters. The molecule has 0 radical (unpaired) electrons. The summed E-state index contributed by atoms with van der Waals surface area (Å²) in [6.07, 6.45) is 3.80. The second-order valence-corrected chi connectivity index (χ2v) is 3.82. The number of Topliss-reactive ketones (excluding diaryl/α,β-unsaturated/α-hetero) is 1. The maximum atomic E-state index is 11.4. The molecule has 0 aromatic rings. The van der Waals surface area contributed by atoms with Crippen molar-refractivity contribution < 1.29 is 19.1 Å². The minimum Gasteiger partial charge on any atom is -0.466 e. The first-order valence-corrected chi connectivity index (χ1v) is 5.45. The second kappa shape index (κ2) is 6.56. The Bertz CT molecular complexity index is 219. The molecule has 0 amide bonds. The zero-order chi connectivity index (χ0) is 11.1. The van der Waals surface area contributed by atoms with Gasteiger partial charge in [0.25, 0.3) is 0 Å². The van der Waals surface area contributed by atoms with Crippen molar-refractivity contribution in [1.29, 1.82) is 0 Å². The third-order valence-electron chi connectivity index (χ3n) is 2.38. The smallest absolute Gasteiger partial charge is 0.302 e. The molecule has 15 heavy (non-hydrogen) atoms. The van der Waals surface area contributed by atoms with Crippen LogP contribution in [0.15, 0.2) is 0 Å². The fourth-order valence-electron chi connectivity index (χ4n) is 1.65. The third-order valence-corrected chi connectivity index (χ3v) is 2.38. The van der Waals surface area contributed by atoms with Crippen LogP contribution >= 0.6 is 0 Å². The molecular weight excluding hydrogens is 196 g/mol. The van der Waals surface area contributed by atoms with E-state index in [2.05, 4.69) is 0 Å². The summed E-state index contributed by atoms with van der Waals surface area (Å²) in [7, 11) is 0. The van der Waals surface area contributed by atoms with Gasteiger partial charge >= 0.3 is 5.97 Å². The fourth-order valence-corrected chi connectivity index (χ4v) is 1.65. The van der Waals surface area contributed by atoms with Crippen molar-refractivity contribution in [1.82, 2.24) is 0 Å². The highest BCUT2D eigenvalue weighted by molar-refractivity contribution is 5.78. The van der Waals surface area contributed by atoms with Gasteiger partial charge in [0.1, 0.15) is 5.78 Å². The van der Waals surface area contributed by atoms with Gasteiger partial charge in [-0.25, -0.2) is 0 Å². The fraction of sp³-hybridized carbons (Fsp3) is 0.818. The summed E-state index contributed by atoms with van der Waals surface area (Å²) in [6, 6.07) is 0. The number of hydrogen-bond acceptors (Lipinski definition) is 4. The van der Waals surface area contributed by atoms with Crippen molar-refractivity contribution in [2.75, 3.05) is 13.2 Å². The first-order chi connectivity index (χ1) is 7.18. The minimum atomic E-state index is -0.290. The van der Waals surface area contributed by atoms with Gasteiger partial charge in [0.15, 0.2) is 0 Å². The van der Waals surface area contributed by atoms with Gasteiger partial charge in [-0.05, 0) is 19.3 Å². The molecule has 1 rings (SSSR count). The molecule has 4 heteroatoms. The normalized spacial score (nSPS) is 20.2. The van der Waals surface area contributed by atoms with Crippen molar-refractivity contribution in [3.05, 3.63) is 0 Å². The van der Waals surface area contributed by atoms with E-state index in [1.54, 1.807) is 0 Å². The molecule has 0 aromatic carbocycles. The summed E-state index contributed by atoms with van der Waals surface area (Å²) in [6.45, 7) is 2.49. The number of ketones is 1. The number of ether oxygens (including phenoxy) is 2. The van der Waals surface area contributed by atoms with Gasteiger partial charge in [-0.2, -0.15) is 0 Å². The molecule has 0 N–H and O–H groups in total. The number of rotatable bonds is 6. The van der Waals surface area contributed by atoms with Gasteiger partial charge < -0.3 is 9.47 Å². The molecule has 1 saturated heterocycles. The number of hydrogen-bond donors (Lipinski definition) is 0. The number of carbonyl (C=O) groups is 2. The lowest BCUT2D eigenvalue weighted by molar-refractivity contribution is -0.141. The van der Waals surface area contributed by atoms with Crippen molar-refractivity contribution in [2.24, 2.45) is 0 Å². The molecule has 1 atom stereocenters. The molecule has 0 aliphatic carbocycles. The van der Waals surface area contributed by atoms with Crippen LogP contribution < -0.4 is 0 Å². The van der Waals surface area contributed by atoms with E-state index in [0.717, 1.165) is 19.4 Å². The van der Waals surface area contributed by atoms with Gasteiger partial charge in [-0.15, -0.1) is 0 Å². The topological polar surface area (TPSA) is 52.6 Å². The van der Waals surface area contributed by atoms with Crippen LogP contribution in [0.3, 0.4) is 0 Å². The van der Waals surface area contributed by atoms with Crippen LogP contribution in [0.5, 0.6) is 0 Å². The van der Waals surface area contributed by atoms with E-state index in [4.69, 9.17) is 9.47 Å². The first-order valence-electron chi connectivity index (χ1n) is 5.45. The number of esters is 1. The average Bonchev–Trinajstić information content (AvgIpc) is 2.64. The largest absolute Gasteiger partial charge is 0.466 e. The average molecular weight is 214 g/mol. The predicted molar refractivity (Wildman–Crippen MR) is 54.5 cm³/mol. The van der Waals surface area contributed by atoms with Crippen molar-refractivity contribution in [3.8, 4) is 0 Å². The molecule has 0 spiro atoms. The maximum Gasteiger partial charge on any atom is 0.302 e. The van der Waals surface area contributed by atoms with Gasteiger partial charge in [-0.1, -0.05) is 0 Å². The van der Waals surface area contributed by atoms with Crippen molar-refractivity contribution >= 4 is 11.8 Å². The number of carbonyl (C=O) groups excluding carboxylic acids is 2. The summed E-state index contributed by atoms with van der Waals surface area (Å²) < 4.78 is 10.1. The van der Waals surface area contributed by atoms with E-state index in [0.29, 0.717) is 25.9 Å². The van der Waals surface area contributed by atoms with Crippen molar-refractivity contribution in [3.63, 3.8) is 0 Å². The minimum absolute atomic E-state index is 0.131. The van der Waals surface area contributed by atoms with Crippen LogP contribution in [0.2, 0.25) is 0 Å². The summed E-state index contributed by atoms with van der Waals surface area (Å²) >= 11 is 0. The van der Waals surface area contributed by atoms with E-state index >= 15 is 0 Å². The highest BCUT2D eigenvalue weighted by Gasteiger charge is 2.18. The second-order valence-electron chi connectivity index (χ2n) is 3.82. The van der Waals surface area contributed by atoms with Crippen LogP contribution in [0, 0.1) is 0 Å². The summed E-state index contributed by atoms with van der Waals surface area (Å²) in [5, 5.41) is 0. The summed E-state index contributed by atoms with van der Waals surface area (Å²) in [5.41, 5.74) is 0. The van der Waals surface area contributed by atoms with E-state index in [1.807, 2.05) is 0 Å². The standard InChI is InChI=1S/C11H18O4/c1-9(12)14-6-2-4-10(13)8-11-5-3-7-15-11/h11H,2-8H2,1H3. The van der Waals surface area contributed by atoms with Gasteiger partial charge in [-0.3, -0.25) is 9.59 Å². The van der Waals surface area contributed by atoms with E-state index in [-0.39, 0.29) is 17.9 Å². The Labute approximate surface area is 89.9 Å². The van der Waals surface area contributed by atoms with Crippen LogP contribution in [0.1, 0.15) is 39.0 Å². The van der Waals surface area contributed by atoms with E-state index in [1.165, 1.54) is 6.92 Å². The first kappa shape index (κ1) is 12.2. The third kappa shape index (κ3) is 5.52. The van der Waals surface area contributed by atoms with E-state index in [9.17, 15) is 9.59 Å². The Morgan fingerprint density at radius 2 is 2.27 bits per heavy atom. The molecule has 0 bridgehead atoms. The molecule has 0 saturated carbocycles. The van der Waals surface area contributed by atoms with Gasteiger partial charge in [0.05, 0.1) is 12.7 Å².